The van der Waals surface area contributed by atoms with Gasteiger partial charge in [-0.25, -0.2) is 0 Å². The lowest BCUT2D eigenvalue weighted by Crippen LogP contribution is -2.60. The first kappa shape index (κ1) is 17.5. The Labute approximate surface area is 144 Å². The van der Waals surface area contributed by atoms with Crippen molar-refractivity contribution in [2.45, 2.75) is 26.8 Å². The van der Waals surface area contributed by atoms with Gasteiger partial charge >= 0.3 is 0 Å². The van der Waals surface area contributed by atoms with Gasteiger partial charge in [0.05, 0.1) is 0 Å². The summed E-state index contributed by atoms with van der Waals surface area (Å²) in [5.74, 6) is -1.68. The van der Waals surface area contributed by atoms with Gasteiger partial charge in [-0.15, -0.1) is 0 Å². The zero-order valence-electron chi connectivity index (χ0n) is 12.9. The van der Waals surface area contributed by atoms with Crippen LogP contribution in [0.1, 0.15) is 26.3 Å². The number of piperazine rings is 1. The molecule has 1 aromatic carbocycles. The fraction of sp³-hybridized carbons (Fsp3) is 0.312. The molecule has 2 rings (SSSR count). The molecular weight excluding hydrogens is 339 g/mol. The minimum Gasteiger partial charge on any atom is -0.320 e. The fourth-order valence-corrected chi connectivity index (χ4v) is 2.97. The second-order valence-corrected chi connectivity index (χ2v) is 6.38. The summed E-state index contributed by atoms with van der Waals surface area (Å²) in [5.41, 5.74) is 0.378. The van der Waals surface area contributed by atoms with Crippen LogP contribution in [0.2, 0.25) is 10.0 Å². The van der Waals surface area contributed by atoms with Gasteiger partial charge in [0.1, 0.15) is 11.7 Å². The Kier molecular flexibility index (Phi) is 5.12. The van der Waals surface area contributed by atoms with Gasteiger partial charge in [-0.1, -0.05) is 43.1 Å². The molecule has 1 N–H and O–H groups in total. The highest BCUT2D eigenvalue weighted by Gasteiger charge is 2.41. The van der Waals surface area contributed by atoms with E-state index >= 15 is 0 Å². The van der Waals surface area contributed by atoms with E-state index in [1.807, 2.05) is 0 Å². The molecule has 1 fully saturated rings. The number of imide groups is 1. The van der Waals surface area contributed by atoms with Crippen molar-refractivity contribution in [1.82, 2.24) is 10.2 Å². The molecule has 1 atom stereocenters. The van der Waals surface area contributed by atoms with Crippen molar-refractivity contribution in [1.29, 1.82) is 0 Å². The number of nitrogens with zero attached hydrogens (tertiary/aromatic N) is 1. The molecule has 5 nitrogen and oxygen atoms in total. The summed E-state index contributed by atoms with van der Waals surface area (Å²) in [6.45, 7) is 4.80. The highest BCUT2D eigenvalue weighted by molar-refractivity contribution is 6.37. The SMILES string of the molecule is CC(=O)N1C(=O)/C(=C\c2c(Cl)cccc2Cl)NC(=O)[C@@H]1C(C)C. The Morgan fingerprint density at radius 1 is 1.26 bits per heavy atom. The third-order valence-corrected chi connectivity index (χ3v) is 4.17. The highest BCUT2D eigenvalue weighted by Crippen LogP contribution is 2.28. The smallest absolute Gasteiger partial charge is 0.277 e. The molecule has 1 heterocycles. The lowest BCUT2D eigenvalue weighted by Gasteiger charge is -2.36. The Morgan fingerprint density at radius 2 is 1.83 bits per heavy atom. The van der Waals surface area contributed by atoms with Gasteiger partial charge in [0, 0.05) is 22.5 Å². The number of halogens is 2. The van der Waals surface area contributed by atoms with Gasteiger partial charge in [-0.3, -0.25) is 19.3 Å². The zero-order chi connectivity index (χ0) is 17.3. The Bertz CT molecular complexity index is 693. The molecule has 0 aliphatic carbocycles. The molecule has 7 heteroatoms. The van der Waals surface area contributed by atoms with Crippen molar-refractivity contribution in [3.05, 3.63) is 39.5 Å². The van der Waals surface area contributed by atoms with Gasteiger partial charge in [-0.05, 0) is 24.1 Å². The van der Waals surface area contributed by atoms with Gasteiger partial charge in [0.25, 0.3) is 5.91 Å². The molecule has 0 aromatic heterocycles. The predicted molar refractivity (Wildman–Crippen MR) is 88.7 cm³/mol. The number of hydrogen-bond acceptors (Lipinski definition) is 3. The number of carbonyl (C=O) groups is 3. The van der Waals surface area contributed by atoms with Crippen LogP contribution >= 0.6 is 23.2 Å². The lowest BCUT2D eigenvalue weighted by atomic mass is 9.98. The molecule has 1 aromatic rings. The second-order valence-electron chi connectivity index (χ2n) is 5.57. The van der Waals surface area contributed by atoms with Crippen LogP contribution < -0.4 is 5.32 Å². The first-order valence-corrected chi connectivity index (χ1v) is 7.80. The zero-order valence-corrected chi connectivity index (χ0v) is 14.4. The van der Waals surface area contributed by atoms with Crippen molar-refractivity contribution >= 4 is 47.0 Å². The molecule has 3 amide bonds. The van der Waals surface area contributed by atoms with E-state index in [0.717, 1.165) is 4.90 Å². The summed E-state index contributed by atoms with van der Waals surface area (Å²) in [7, 11) is 0. The van der Waals surface area contributed by atoms with Gasteiger partial charge in [-0.2, -0.15) is 0 Å². The predicted octanol–water partition coefficient (Wildman–Crippen LogP) is 2.86. The molecule has 0 radical (unpaired) electrons. The van der Waals surface area contributed by atoms with E-state index in [0.29, 0.717) is 15.6 Å². The van der Waals surface area contributed by atoms with Crippen molar-refractivity contribution in [3.8, 4) is 0 Å². The topological polar surface area (TPSA) is 66.5 Å². The number of benzene rings is 1. The molecule has 0 unspecified atom stereocenters. The third kappa shape index (κ3) is 3.41. The molecule has 0 spiro atoms. The molecule has 0 saturated carbocycles. The highest BCUT2D eigenvalue weighted by atomic mass is 35.5. The molecule has 122 valence electrons. The number of hydrogen-bond donors (Lipinski definition) is 1. The summed E-state index contributed by atoms with van der Waals surface area (Å²) < 4.78 is 0. The van der Waals surface area contributed by atoms with E-state index in [1.165, 1.54) is 13.0 Å². The first-order valence-electron chi connectivity index (χ1n) is 7.04. The minimum absolute atomic E-state index is 0.0305. The summed E-state index contributed by atoms with van der Waals surface area (Å²) in [6, 6.07) is 4.08. The van der Waals surface area contributed by atoms with Crippen LogP contribution in [0.25, 0.3) is 6.08 Å². The van der Waals surface area contributed by atoms with Crippen molar-refractivity contribution in [3.63, 3.8) is 0 Å². The van der Waals surface area contributed by atoms with Crippen LogP contribution in [-0.2, 0) is 14.4 Å². The van der Waals surface area contributed by atoms with Crippen LogP contribution in [0, 0.1) is 5.92 Å². The van der Waals surface area contributed by atoms with Crippen LogP contribution in [0.15, 0.2) is 23.9 Å². The third-order valence-electron chi connectivity index (χ3n) is 3.51. The van der Waals surface area contributed by atoms with E-state index in [4.69, 9.17) is 23.2 Å². The van der Waals surface area contributed by atoms with Crippen LogP contribution in [0.5, 0.6) is 0 Å². The maximum Gasteiger partial charge on any atom is 0.277 e. The van der Waals surface area contributed by atoms with Gasteiger partial charge in [0.2, 0.25) is 11.8 Å². The van der Waals surface area contributed by atoms with E-state index in [-0.39, 0.29) is 11.6 Å². The monoisotopic (exact) mass is 354 g/mol. The van der Waals surface area contributed by atoms with Crippen molar-refractivity contribution < 1.29 is 14.4 Å². The normalized spacial score (nSPS) is 20.2. The van der Waals surface area contributed by atoms with E-state index in [1.54, 1.807) is 32.0 Å². The van der Waals surface area contributed by atoms with E-state index in [2.05, 4.69) is 5.32 Å². The maximum absolute atomic E-state index is 12.6. The standard InChI is InChI=1S/C16H16Cl2N2O3/c1-8(2)14-15(22)19-13(16(23)20(14)9(3)21)7-10-11(17)5-4-6-12(10)18/h4-8,14H,1-3H3,(H,19,22)/b13-7+/t14-/m0/s1. The maximum atomic E-state index is 12.6. The molecule has 1 saturated heterocycles. The molecule has 1 aliphatic rings. The Balaban J connectivity index is 2.50. The number of amides is 3. The second kappa shape index (κ2) is 6.72. The quantitative estimate of drug-likeness (QED) is 0.830. The average molecular weight is 355 g/mol. The molecular formula is C16H16Cl2N2O3. The number of carbonyl (C=O) groups excluding carboxylic acids is 3. The summed E-state index contributed by atoms with van der Waals surface area (Å²) in [6.07, 6.45) is 1.39. The van der Waals surface area contributed by atoms with Crippen molar-refractivity contribution in [2.75, 3.05) is 0 Å². The fourth-order valence-electron chi connectivity index (χ4n) is 2.46. The van der Waals surface area contributed by atoms with Crippen molar-refractivity contribution in [2.24, 2.45) is 5.92 Å². The molecule has 0 bridgehead atoms. The minimum atomic E-state index is -0.834. The summed E-state index contributed by atoms with van der Waals surface area (Å²) in [4.78, 5) is 37.7. The van der Waals surface area contributed by atoms with Gasteiger partial charge in [0.15, 0.2) is 0 Å². The lowest BCUT2D eigenvalue weighted by molar-refractivity contribution is -0.153. The summed E-state index contributed by atoms with van der Waals surface area (Å²) >= 11 is 12.2. The van der Waals surface area contributed by atoms with Crippen LogP contribution in [0.3, 0.4) is 0 Å². The first-order chi connectivity index (χ1) is 10.7. The Hall–Kier alpha value is -1.85. The van der Waals surface area contributed by atoms with Crippen LogP contribution in [-0.4, -0.2) is 28.7 Å². The number of nitrogens with one attached hydrogen (secondary N) is 1. The Morgan fingerprint density at radius 3 is 2.30 bits per heavy atom. The van der Waals surface area contributed by atoms with Gasteiger partial charge < -0.3 is 5.32 Å². The largest absolute Gasteiger partial charge is 0.320 e. The van der Waals surface area contributed by atoms with Crippen LogP contribution in [0.4, 0.5) is 0 Å². The summed E-state index contributed by atoms with van der Waals surface area (Å²) in [5, 5.41) is 3.23. The van der Waals surface area contributed by atoms with E-state index in [9.17, 15) is 14.4 Å². The average Bonchev–Trinajstić information content (AvgIpc) is 2.44. The van der Waals surface area contributed by atoms with E-state index < -0.39 is 23.8 Å². The molecule has 23 heavy (non-hydrogen) atoms. The molecule has 1 aliphatic heterocycles. The number of rotatable bonds is 2.